The molecule has 3 atom stereocenters. The zero-order valence-corrected chi connectivity index (χ0v) is 36.9. The van der Waals surface area contributed by atoms with Gasteiger partial charge in [-0.05, 0) is 32.1 Å². The van der Waals surface area contributed by atoms with E-state index in [1.165, 1.54) is 77.0 Å². The van der Waals surface area contributed by atoms with Crippen molar-refractivity contribution >= 4 is 11.9 Å². The molecule has 0 saturated carbocycles. The van der Waals surface area contributed by atoms with Crippen molar-refractivity contribution in [2.75, 3.05) is 6.61 Å². The third kappa shape index (κ3) is 39.1. The van der Waals surface area contributed by atoms with Crippen molar-refractivity contribution in [3.63, 3.8) is 0 Å². The van der Waals surface area contributed by atoms with Crippen molar-refractivity contribution < 1.29 is 24.5 Å². The molecule has 0 aliphatic rings. The van der Waals surface area contributed by atoms with Crippen LogP contribution in [0.1, 0.15) is 168 Å². The number of unbranched alkanes of at least 4 members (excludes halogenated alkanes) is 15. The van der Waals surface area contributed by atoms with E-state index in [1.54, 1.807) is 0 Å². The molecule has 0 radical (unpaired) electrons. The fraction of sp³-hybridized carbons (Fsp3) is 0.577. The Hall–Kier alpha value is -3.74. The summed E-state index contributed by atoms with van der Waals surface area (Å²) < 4.78 is 5.77. The van der Waals surface area contributed by atoms with Crippen molar-refractivity contribution in [1.82, 2.24) is 5.32 Å². The van der Waals surface area contributed by atoms with E-state index in [1.807, 2.05) is 109 Å². The summed E-state index contributed by atoms with van der Waals surface area (Å²) in [6, 6.07) is -0.761. The lowest BCUT2D eigenvalue weighted by Crippen LogP contribution is -2.46. The number of carbonyl (C=O) groups excluding carboxylic acids is 2. The maximum absolute atomic E-state index is 13.1. The molecule has 3 unspecified atom stereocenters. The first-order valence-electron chi connectivity index (χ1n) is 22.9. The fourth-order valence-electron chi connectivity index (χ4n) is 6.13. The van der Waals surface area contributed by atoms with E-state index in [-0.39, 0.29) is 31.3 Å². The SMILES string of the molecule is CC/C=C/C=C/C=C\C=C/C=C/CCCC(=O)OC(C/C=C/C=C\C=C/C=C/C=C/CC)CC(=O)NC(CO)C(O)CCCCCCCCCCCCCCCCC. The van der Waals surface area contributed by atoms with Crippen molar-refractivity contribution in [2.24, 2.45) is 0 Å². The molecule has 6 nitrogen and oxygen atoms in total. The molecule has 0 fully saturated rings. The van der Waals surface area contributed by atoms with Gasteiger partial charge in [0.2, 0.25) is 5.91 Å². The van der Waals surface area contributed by atoms with Crippen LogP contribution in [0, 0.1) is 0 Å². The average molecular weight is 802 g/mol. The van der Waals surface area contributed by atoms with Gasteiger partial charge in [-0.2, -0.15) is 0 Å². The van der Waals surface area contributed by atoms with Crippen LogP contribution in [0.3, 0.4) is 0 Å². The topological polar surface area (TPSA) is 95.9 Å². The molecule has 0 aliphatic heterocycles. The minimum atomic E-state index is -0.837. The van der Waals surface area contributed by atoms with Gasteiger partial charge in [-0.1, -0.05) is 239 Å². The molecule has 0 aliphatic carbocycles. The monoisotopic (exact) mass is 802 g/mol. The number of nitrogens with one attached hydrogen (secondary N) is 1. The van der Waals surface area contributed by atoms with Crippen LogP contribution >= 0.6 is 0 Å². The summed E-state index contributed by atoms with van der Waals surface area (Å²) in [5.74, 6) is -0.712. The van der Waals surface area contributed by atoms with Crippen molar-refractivity contribution in [3.8, 4) is 0 Å². The first kappa shape index (κ1) is 54.3. The predicted molar refractivity (Wildman–Crippen MR) is 250 cm³/mol. The molecule has 0 aromatic carbocycles. The Bertz CT molecular complexity index is 1260. The molecule has 3 N–H and O–H groups in total. The van der Waals surface area contributed by atoms with Crippen LogP contribution in [0.25, 0.3) is 0 Å². The summed E-state index contributed by atoms with van der Waals surface area (Å²) in [6.45, 7) is 6.11. The molecule has 6 heteroatoms. The standard InChI is InChI=1S/C52H83NO5/c1-4-7-10-13-16-19-22-24-25-27-29-32-35-38-41-44-50(55)49(47-54)53-51(56)46-48(43-40-37-34-31-28-21-18-15-12-9-6-3)58-52(57)45-42-39-36-33-30-26-23-20-17-14-11-8-5-2/h8-9,11-12,14-15,17-18,20-21,23,26,28,30-31,33-34,36-37,40,48-50,54-55H,4-7,10,13,16,19,22,24-25,27,29,32,35,38-39,41-47H2,1-3H3,(H,53,56)/b11-8+,12-9+,17-14+,18-15+,23-20-,28-21-,30-26-,34-31-,36-33+,40-37+. The first-order chi connectivity index (χ1) is 28.5. The second-order valence-corrected chi connectivity index (χ2v) is 14.9. The number of ether oxygens (including phenoxy) is 1. The highest BCUT2D eigenvalue weighted by Gasteiger charge is 2.23. The van der Waals surface area contributed by atoms with Crippen LogP contribution in [-0.2, 0) is 14.3 Å². The van der Waals surface area contributed by atoms with E-state index >= 15 is 0 Å². The van der Waals surface area contributed by atoms with Crippen LogP contribution in [-0.4, -0.2) is 46.9 Å². The largest absolute Gasteiger partial charge is 0.461 e. The van der Waals surface area contributed by atoms with E-state index < -0.39 is 18.2 Å². The summed E-state index contributed by atoms with van der Waals surface area (Å²) in [5, 5.41) is 23.6. The van der Waals surface area contributed by atoms with Crippen LogP contribution < -0.4 is 5.32 Å². The molecule has 0 aromatic rings. The minimum Gasteiger partial charge on any atom is -0.461 e. The zero-order chi connectivity index (χ0) is 42.4. The highest BCUT2D eigenvalue weighted by Crippen LogP contribution is 2.15. The third-order valence-electron chi connectivity index (χ3n) is 9.54. The Morgan fingerprint density at radius 1 is 0.534 bits per heavy atom. The summed E-state index contributed by atoms with van der Waals surface area (Å²) in [5.41, 5.74) is 0. The predicted octanol–water partition coefficient (Wildman–Crippen LogP) is 13.3. The number of rotatable bonds is 38. The Morgan fingerprint density at radius 2 is 0.948 bits per heavy atom. The molecule has 0 heterocycles. The van der Waals surface area contributed by atoms with Crippen molar-refractivity contribution in [3.05, 3.63) is 122 Å². The fourth-order valence-corrected chi connectivity index (χ4v) is 6.13. The third-order valence-corrected chi connectivity index (χ3v) is 9.54. The zero-order valence-electron chi connectivity index (χ0n) is 36.9. The van der Waals surface area contributed by atoms with Crippen molar-refractivity contribution in [2.45, 2.75) is 187 Å². The molecular formula is C52H83NO5. The van der Waals surface area contributed by atoms with Crippen LogP contribution in [0.4, 0.5) is 0 Å². The van der Waals surface area contributed by atoms with E-state index in [4.69, 9.17) is 4.74 Å². The molecule has 1 amide bonds. The van der Waals surface area contributed by atoms with Gasteiger partial charge in [0.15, 0.2) is 0 Å². The summed E-state index contributed by atoms with van der Waals surface area (Å²) >= 11 is 0. The lowest BCUT2D eigenvalue weighted by atomic mass is 10.0. The number of allylic oxidation sites excluding steroid dienone is 19. The van der Waals surface area contributed by atoms with Crippen LogP contribution in [0.15, 0.2) is 122 Å². The smallest absolute Gasteiger partial charge is 0.306 e. The van der Waals surface area contributed by atoms with Gasteiger partial charge in [0.05, 0.1) is 25.2 Å². The summed E-state index contributed by atoms with van der Waals surface area (Å²) in [4.78, 5) is 25.9. The average Bonchev–Trinajstić information content (AvgIpc) is 3.22. The van der Waals surface area contributed by atoms with Gasteiger partial charge in [0.1, 0.15) is 6.10 Å². The highest BCUT2D eigenvalue weighted by atomic mass is 16.5. The quantitative estimate of drug-likeness (QED) is 0.0328. The normalized spacial score (nSPS) is 14.5. The summed E-state index contributed by atoms with van der Waals surface area (Å²) in [6.07, 6.45) is 61.4. The molecule has 326 valence electrons. The second kappa shape index (κ2) is 44.4. The molecule has 0 bridgehead atoms. The number of hydrogen-bond acceptors (Lipinski definition) is 5. The van der Waals surface area contributed by atoms with E-state index in [0.29, 0.717) is 19.3 Å². The lowest BCUT2D eigenvalue weighted by molar-refractivity contribution is -0.150. The Balaban J connectivity index is 4.80. The van der Waals surface area contributed by atoms with Gasteiger partial charge in [0, 0.05) is 12.8 Å². The Morgan fingerprint density at radius 3 is 1.40 bits per heavy atom. The first-order valence-corrected chi connectivity index (χ1v) is 22.9. The molecule has 58 heavy (non-hydrogen) atoms. The van der Waals surface area contributed by atoms with Gasteiger partial charge in [-0.25, -0.2) is 0 Å². The molecule has 0 rings (SSSR count). The Labute approximate surface area is 355 Å². The number of aliphatic hydroxyl groups excluding tert-OH is 2. The van der Waals surface area contributed by atoms with Gasteiger partial charge in [-0.3, -0.25) is 9.59 Å². The van der Waals surface area contributed by atoms with Gasteiger partial charge >= 0.3 is 5.97 Å². The maximum atomic E-state index is 13.1. The maximum Gasteiger partial charge on any atom is 0.306 e. The lowest BCUT2D eigenvalue weighted by Gasteiger charge is -2.24. The van der Waals surface area contributed by atoms with Crippen LogP contribution in [0.2, 0.25) is 0 Å². The molecule has 0 spiro atoms. The number of aliphatic hydroxyl groups is 2. The van der Waals surface area contributed by atoms with Gasteiger partial charge < -0.3 is 20.3 Å². The number of hydrogen-bond donors (Lipinski definition) is 3. The van der Waals surface area contributed by atoms with E-state index in [2.05, 4.69) is 38.2 Å². The van der Waals surface area contributed by atoms with E-state index in [9.17, 15) is 19.8 Å². The molecule has 0 aromatic heterocycles. The number of esters is 1. The second-order valence-electron chi connectivity index (χ2n) is 14.9. The van der Waals surface area contributed by atoms with Gasteiger partial charge in [-0.15, -0.1) is 0 Å². The summed E-state index contributed by atoms with van der Waals surface area (Å²) in [7, 11) is 0. The van der Waals surface area contributed by atoms with Crippen molar-refractivity contribution in [1.29, 1.82) is 0 Å². The van der Waals surface area contributed by atoms with Gasteiger partial charge in [0.25, 0.3) is 0 Å². The number of carbonyl (C=O) groups is 2. The Kier molecular flexibility index (Phi) is 41.5. The minimum absolute atomic E-state index is 0.0553. The van der Waals surface area contributed by atoms with Crippen LogP contribution in [0.5, 0.6) is 0 Å². The highest BCUT2D eigenvalue weighted by molar-refractivity contribution is 5.77. The molecule has 0 saturated heterocycles. The number of amides is 1. The molecular weight excluding hydrogens is 719 g/mol. The van der Waals surface area contributed by atoms with E-state index in [0.717, 1.165) is 38.5 Å².